The van der Waals surface area contributed by atoms with Crippen LogP contribution in [-0.2, 0) is 9.53 Å². The van der Waals surface area contributed by atoms with Gasteiger partial charge in [-0.25, -0.2) is 0 Å². The molecule has 0 saturated carbocycles. The lowest BCUT2D eigenvalue weighted by molar-refractivity contribution is -0.129. The van der Waals surface area contributed by atoms with Crippen molar-refractivity contribution in [3.63, 3.8) is 0 Å². The Morgan fingerprint density at radius 1 is 1.25 bits per heavy atom. The Balaban J connectivity index is 1.68. The molecule has 1 aromatic carbocycles. The number of nitrogens with one attached hydrogen (secondary N) is 1. The van der Waals surface area contributed by atoms with Crippen LogP contribution in [0.1, 0.15) is 11.7 Å². The molecule has 1 aromatic rings. The minimum Gasteiger partial charge on any atom is -0.371 e. The minimum absolute atomic E-state index is 0.145. The average molecular weight is 275 g/mol. The fourth-order valence-corrected chi connectivity index (χ4v) is 2.66. The van der Waals surface area contributed by atoms with Crippen LogP contribution < -0.4 is 10.2 Å². The molecular weight excluding hydrogens is 254 g/mol. The lowest BCUT2D eigenvalue weighted by Crippen LogP contribution is -2.48. The Bertz CT molecular complexity index is 469. The fourth-order valence-electron chi connectivity index (χ4n) is 2.66. The number of ether oxygens (including phenoxy) is 1. The minimum atomic E-state index is 0.145. The zero-order chi connectivity index (χ0) is 13.9. The van der Waals surface area contributed by atoms with Gasteiger partial charge in [0.2, 0.25) is 5.91 Å². The second-order valence-electron chi connectivity index (χ2n) is 5.39. The molecule has 2 heterocycles. The van der Waals surface area contributed by atoms with E-state index in [1.165, 1.54) is 5.56 Å². The van der Waals surface area contributed by atoms with Crippen LogP contribution >= 0.6 is 0 Å². The number of hydrogen-bond donors (Lipinski definition) is 1. The van der Waals surface area contributed by atoms with Crippen molar-refractivity contribution in [2.24, 2.45) is 0 Å². The van der Waals surface area contributed by atoms with Crippen molar-refractivity contribution in [1.82, 2.24) is 10.2 Å². The number of hydrogen-bond acceptors (Lipinski definition) is 4. The Hall–Kier alpha value is -1.59. The Morgan fingerprint density at radius 3 is 2.70 bits per heavy atom. The zero-order valence-corrected chi connectivity index (χ0v) is 11.8. The molecule has 0 aromatic heterocycles. The molecule has 108 valence electrons. The number of amides is 1. The van der Waals surface area contributed by atoms with E-state index < -0.39 is 0 Å². The number of piperazine rings is 1. The second kappa shape index (κ2) is 5.81. The van der Waals surface area contributed by atoms with E-state index >= 15 is 0 Å². The maximum atomic E-state index is 11.7. The summed E-state index contributed by atoms with van der Waals surface area (Å²) in [5.74, 6) is 0.181. The number of benzene rings is 1. The summed E-state index contributed by atoms with van der Waals surface area (Å²) in [6.07, 6.45) is 0.145. The van der Waals surface area contributed by atoms with Gasteiger partial charge >= 0.3 is 0 Å². The SMILES string of the molecule is CN1CCN(c2ccc(C3CNCCO3)cc2)CC1=O. The topological polar surface area (TPSA) is 44.8 Å². The maximum absolute atomic E-state index is 11.7. The van der Waals surface area contributed by atoms with Gasteiger partial charge in [-0.05, 0) is 17.7 Å². The summed E-state index contributed by atoms with van der Waals surface area (Å²) < 4.78 is 5.74. The smallest absolute Gasteiger partial charge is 0.241 e. The van der Waals surface area contributed by atoms with Crippen LogP contribution in [0.4, 0.5) is 5.69 Å². The molecule has 20 heavy (non-hydrogen) atoms. The number of morpholine rings is 1. The third-order valence-corrected chi connectivity index (χ3v) is 4.01. The first-order valence-electron chi connectivity index (χ1n) is 7.15. The summed E-state index contributed by atoms with van der Waals surface area (Å²) in [5, 5.41) is 3.34. The van der Waals surface area contributed by atoms with Crippen molar-refractivity contribution < 1.29 is 9.53 Å². The highest BCUT2D eigenvalue weighted by Gasteiger charge is 2.21. The van der Waals surface area contributed by atoms with Crippen molar-refractivity contribution in [2.45, 2.75) is 6.10 Å². The molecule has 1 atom stereocenters. The molecule has 2 aliphatic heterocycles. The first-order chi connectivity index (χ1) is 9.74. The number of carbonyl (C=O) groups excluding carboxylic acids is 1. The third kappa shape index (κ3) is 2.78. The predicted molar refractivity (Wildman–Crippen MR) is 77.9 cm³/mol. The molecule has 5 nitrogen and oxygen atoms in total. The molecular formula is C15H21N3O2. The zero-order valence-electron chi connectivity index (χ0n) is 11.8. The number of likely N-dealkylation sites (N-methyl/N-ethyl adjacent to an activating group) is 1. The van der Waals surface area contributed by atoms with Crippen molar-refractivity contribution in [2.75, 3.05) is 51.3 Å². The lowest BCUT2D eigenvalue weighted by atomic mass is 10.1. The molecule has 2 saturated heterocycles. The van der Waals surface area contributed by atoms with Crippen LogP contribution in [0.3, 0.4) is 0 Å². The first kappa shape index (κ1) is 13.4. The summed E-state index contributed by atoms with van der Waals surface area (Å²) in [6.45, 7) is 4.71. The van der Waals surface area contributed by atoms with Crippen molar-refractivity contribution in [3.8, 4) is 0 Å². The van der Waals surface area contributed by atoms with E-state index in [1.54, 1.807) is 4.90 Å². The third-order valence-electron chi connectivity index (χ3n) is 4.01. The molecule has 1 amide bonds. The molecule has 2 aliphatic rings. The summed E-state index contributed by atoms with van der Waals surface area (Å²) in [6, 6.07) is 8.39. The van der Waals surface area contributed by atoms with Crippen LogP contribution in [0, 0.1) is 0 Å². The van der Waals surface area contributed by atoms with E-state index in [2.05, 4.69) is 34.5 Å². The van der Waals surface area contributed by atoms with Crippen LogP contribution in [0.25, 0.3) is 0 Å². The quantitative estimate of drug-likeness (QED) is 0.860. The van der Waals surface area contributed by atoms with Crippen molar-refractivity contribution in [3.05, 3.63) is 29.8 Å². The Labute approximate surface area is 119 Å². The summed E-state index contributed by atoms with van der Waals surface area (Å²) in [7, 11) is 1.86. The monoisotopic (exact) mass is 275 g/mol. The van der Waals surface area contributed by atoms with Gasteiger partial charge in [0.05, 0.1) is 19.3 Å². The van der Waals surface area contributed by atoms with Crippen LogP contribution in [-0.4, -0.2) is 57.2 Å². The van der Waals surface area contributed by atoms with Crippen LogP contribution in [0.2, 0.25) is 0 Å². The highest BCUT2D eigenvalue weighted by Crippen LogP contribution is 2.23. The Kier molecular flexibility index (Phi) is 3.89. The highest BCUT2D eigenvalue weighted by atomic mass is 16.5. The molecule has 5 heteroatoms. The highest BCUT2D eigenvalue weighted by molar-refractivity contribution is 5.82. The fraction of sp³-hybridized carbons (Fsp3) is 0.533. The largest absolute Gasteiger partial charge is 0.371 e. The van der Waals surface area contributed by atoms with E-state index in [0.717, 1.165) is 38.5 Å². The second-order valence-corrected chi connectivity index (χ2v) is 5.39. The first-order valence-corrected chi connectivity index (χ1v) is 7.15. The lowest BCUT2D eigenvalue weighted by Gasteiger charge is -2.33. The maximum Gasteiger partial charge on any atom is 0.241 e. The predicted octanol–water partition coefficient (Wildman–Crippen LogP) is 0.626. The van der Waals surface area contributed by atoms with Crippen molar-refractivity contribution in [1.29, 1.82) is 0 Å². The van der Waals surface area contributed by atoms with E-state index in [9.17, 15) is 4.79 Å². The summed E-state index contributed by atoms with van der Waals surface area (Å²) >= 11 is 0. The van der Waals surface area contributed by atoms with Gasteiger partial charge in [0.25, 0.3) is 0 Å². The number of rotatable bonds is 2. The summed E-state index contributed by atoms with van der Waals surface area (Å²) in [5.41, 5.74) is 2.31. The van der Waals surface area contributed by atoms with Crippen LogP contribution in [0.5, 0.6) is 0 Å². The number of anilines is 1. The van der Waals surface area contributed by atoms with Crippen LogP contribution in [0.15, 0.2) is 24.3 Å². The van der Waals surface area contributed by atoms with E-state index in [-0.39, 0.29) is 12.0 Å². The van der Waals surface area contributed by atoms with Gasteiger partial charge in [-0.2, -0.15) is 0 Å². The van der Waals surface area contributed by atoms with E-state index in [1.807, 2.05) is 7.05 Å². The van der Waals surface area contributed by atoms with Gasteiger partial charge in [-0.3, -0.25) is 4.79 Å². The van der Waals surface area contributed by atoms with Gasteiger partial charge in [0.1, 0.15) is 0 Å². The average Bonchev–Trinajstić information content (AvgIpc) is 2.51. The molecule has 0 aliphatic carbocycles. The molecule has 3 rings (SSSR count). The van der Waals surface area contributed by atoms with Gasteiger partial charge in [0.15, 0.2) is 0 Å². The summed E-state index contributed by atoms with van der Waals surface area (Å²) in [4.78, 5) is 15.7. The molecule has 1 unspecified atom stereocenters. The normalized spacial score (nSPS) is 24.1. The molecule has 0 radical (unpaired) electrons. The molecule has 0 spiro atoms. The Morgan fingerprint density at radius 2 is 2.05 bits per heavy atom. The standard InChI is InChI=1S/C15H21N3O2/c1-17-7-8-18(11-15(17)19)13-4-2-12(3-5-13)14-10-16-6-9-20-14/h2-5,14,16H,6-11H2,1H3. The molecule has 2 fully saturated rings. The van der Waals surface area contributed by atoms with E-state index in [0.29, 0.717) is 6.54 Å². The number of carbonyl (C=O) groups is 1. The number of nitrogens with zero attached hydrogens (tertiary/aromatic N) is 2. The van der Waals surface area contributed by atoms with Gasteiger partial charge < -0.3 is 19.9 Å². The molecule has 1 N–H and O–H groups in total. The molecule has 0 bridgehead atoms. The van der Waals surface area contributed by atoms with Gasteiger partial charge in [-0.1, -0.05) is 12.1 Å². The van der Waals surface area contributed by atoms with Crippen molar-refractivity contribution >= 4 is 11.6 Å². The van der Waals surface area contributed by atoms with Gasteiger partial charge in [-0.15, -0.1) is 0 Å². The van der Waals surface area contributed by atoms with E-state index in [4.69, 9.17) is 4.74 Å². The van der Waals surface area contributed by atoms with Gasteiger partial charge in [0, 0.05) is 38.9 Å².